The first kappa shape index (κ1) is 20.9. The molecule has 1 aromatic carbocycles. The van der Waals surface area contributed by atoms with Crippen LogP contribution in [0.2, 0.25) is 0 Å². The van der Waals surface area contributed by atoms with Crippen molar-refractivity contribution in [2.24, 2.45) is 7.05 Å². The molecule has 33 heavy (non-hydrogen) atoms. The van der Waals surface area contributed by atoms with E-state index in [0.29, 0.717) is 30.5 Å². The maximum Gasteiger partial charge on any atom is 0.238 e. The van der Waals surface area contributed by atoms with Crippen LogP contribution in [0.5, 0.6) is 0 Å². The molecule has 0 saturated heterocycles. The Balaban J connectivity index is 1.25. The minimum atomic E-state index is -0.110. The molecule has 1 N–H and O–H groups in total. The van der Waals surface area contributed by atoms with Gasteiger partial charge in [-0.05, 0) is 43.4 Å². The minimum Gasteiger partial charge on any atom is -0.338 e. The summed E-state index contributed by atoms with van der Waals surface area (Å²) >= 11 is 0. The summed E-state index contributed by atoms with van der Waals surface area (Å²) in [5.41, 5.74) is 3.76. The molecule has 1 fully saturated rings. The van der Waals surface area contributed by atoms with E-state index in [2.05, 4.69) is 42.4 Å². The summed E-state index contributed by atoms with van der Waals surface area (Å²) < 4.78 is 6.99. The molecule has 1 aliphatic carbocycles. The topological polar surface area (TPSA) is 125 Å². The Labute approximate surface area is 190 Å². The zero-order chi connectivity index (χ0) is 23.0. The molecule has 0 unspecified atom stereocenters. The molecule has 0 aliphatic heterocycles. The van der Waals surface area contributed by atoms with Crippen molar-refractivity contribution < 1.29 is 9.32 Å². The Hall–Kier alpha value is -3.95. The van der Waals surface area contributed by atoms with Crippen molar-refractivity contribution in [3.05, 3.63) is 59.8 Å². The number of nitrogens with one attached hydrogen (secondary N) is 1. The normalized spacial score (nSPS) is 14.3. The van der Waals surface area contributed by atoms with E-state index in [1.54, 1.807) is 10.9 Å². The fourth-order valence-electron chi connectivity index (χ4n) is 3.57. The minimum absolute atomic E-state index is 0.0413. The zero-order valence-corrected chi connectivity index (χ0v) is 18.7. The van der Waals surface area contributed by atoms with Crippen LogP contribution in [0.1, 0.15) is 53.8 Å². The highest BCUT2D eigenvalue weighted by atomic mass is 16.5. The predicted molar refractivity (Wildman–Crippen MR) is 120 cm³/mol. The number of hydrogen-bond donors (Lipinski definition) is 1. The van der Waals surface area contributed by atoms with Crippen LogP contribution in [-0.4, -0.2) is 40.7 Å². The third-order valence-electron chi connectivity index (χ3n) is 5.95. The van der Waals surface area contributed by atoms with Crippen molar-refractivity contribution >= 4 is 17.4 Å². The Bertz CT molecular complexity index is 1320. The molecule has 168 valence electrons. The van der Waals surface area contributed by atoms with Crippen LogP contribution in [0.3, 0.4) is 0 Å². The third-order valence-corrected chi connectivity index (χ3v) is 5.95. The van der Waals surface area contributed by atoms with Gasteiger partial charge >= 0.3 is 0 Å². The van der Waals surface area contributed by atoms with Crippen molar-refractivity contribution in [2.75, 3.05) is 5.32 Å². The van der Waals surface area contributed by atoms with Crippen molar-refractivity contribution in [3.63, 3.8) is 0 Å². The second-order valence-electron chi connectivity index (χ2n) is 8.71. The molecule has 0 radical (unpaired) electrons. The van der Waals surface area contributed by atoms with Crippen LogP contribution in [-0.2, 0) is 18.9 Å². The fourth-order valence-corrected chi connectivity index (χ4v) is 3.57. The lowest BCUT2D eigenvalue weighted by atomic mass is 9.99. The Morgan fingerprint density at radius 2 is 2.09 bits per heavy atom. The van der Waals surface area contributed by atoms with E-state index >= 15 is 0 Å². The number of Topliss-reactive ketones (excluding diaryl/α,β-unsaturated/α-hetero) is 1. The number of aromatic nitrogens is 7. The first-order chi connectivity index (χ1) is 15.9. The molecule has 0 atom stereocenters. The average molecular weight is 444 g/mol. The van der Waals surface area contributed by atoms with Gasteiger partial charge in [0.05, 0.1) is 11.9 Å². The molecule has 5 rings (SSSR count). The van der Waals surface area contributed by atoms with E-state index < -0.39 is 0 Å². The van der Waals surface area contributed by atoms with Gasteiger partial charge in [0.25, 0.3) is 0 Å². The summed E-state index contributed by atoms with van der Waals surface area (Å²) in [7, 11) is 1.84. The number of benzene rings is 1. The van der Waals surface area contributed by atoms with Crippen LogP contribution in [0.25, 0.3) is 11.4 Å². The van der Waals surface area contributed by atoms with E-state index in [1.807, 2.05) is 38.4 Å². The maximum atomic E-state index is 12.5. The SMILES string of the molecule is Cc1cc(-c2ncnc(Nc3cnn(C)c3)n2)ccc1CCC(=O)c1noc(C2(C)CC2)n1. The number of aryl methyl sites for hydroxylation is 3. The highest BCUT2D eigenvalue weighted by Crippen LogP contribution is 2.46. The Morgan fingerprint density at radius 1 is 1.24 bits per heavy atom. The van der Waals surface area contributed by atoms with E-state index in [0.717, 1.165) is 35.2 Å². The van der Waals surface area contributed by atoms with Crippen molar-refractivity contribution in [1.82, 2.24) is 34.9 Å². The van der Waals surface area contributed by atoms with Gasteiger partial charge in [0.2, 0.25) is 23.4 Å². The number of carbonyl (C=O) groups is 1. The number of carbonyl (C=O) groups excluding carboxylic acids is 1. The van der Waals surface area contributed by atoms with Gasteiger partial charge in [0.15, 0.2) is 5.82 Å². The van der Waals surface area contributed by atoms with Crippen LogP contribution in [0.4, 0.5) is 11.6 Å². The Morgan fingerprint density at radius 3 is 2.82 bits per heavy atom. The van der Waals surface area contributed by atoms with Gasteiger partial charge in [-0.1, -0.05) is 24.2 Å². The van der Waals surface area contributed by atoms with Crippen molar-refractivity contribution in [2.45, 2.75) is 44.9 Å². The van der Waals surface area contributed by atoms with Gasteiger partial charge in [0.1, 0.15) is 6.33 Å². The summed E-state index contributed by atoms with van der Waals surface area (Å²) in [6, 6.07) is 5.97. The standard InChI is InChI=1S/C23H24N8O2/c1-14-10-16(19-24-13-25-22(29-19)27-17-11-26-31(3)12-17)5-4-15(14)6-7-18(32)20-28-21(33-30-20)23(2)8-9-23/h4-5,10-13H,6-9H2,1-3H3,(H,24,25,27,29). The van der Waals surface area contributed by atoms with Gasteiger partial charge in [-0.3, -0.25) is 9.48 Å². The van der Waals surface area contributed by atoms with Crippen molar-refractivity contribution in [3.8, 4) is 11.4 Å². The van der Waals surface area contributed by atoms with Gasteiger partial charge in [0, 0.05) is 30.6 Å². The van der Waals surface area contributed by atoms with E-state index in [9.17, 15) is 4.79 Å². The predicted octanol–water partition coefficient (Wildman–Crippen LogP) is 3.57. The summed E-state index contributed by atoms with van der Waals surface area (Å²) in [5.74, 6) is 1.64. The monoisotopic (exact) mass is 444 g/mol. The van der Waals surface area contributed by atoms with Gasteiger partial charge in [-0.2, -0.15) is 15.1 Å². The summed E-state index contributed by atoms with van der Waals surface area (Å²) in [6.45, 7) is 4.09. The second kappa shape index (κ2) is 8.19. The third kappa shape index (κ3) is 4.50. The molecule has 1 saturated carbocycles. The lowest BCUT2D eigenvalue weighted by Gasteiger charge is -2.08. The molecule has 10 nitrogen and oxygen atoms in total. The number of hydrogen-bond acceptors (Lipinski definition) is 9. The molecule has 3 heterocycles. The maximum absolute atomic E-state index is 12.5. The van der Waals surface area contributed by atoms with E-state index in [1.165, 1.54) is 6.33 Å². The molecule has 4 aromatic rings. The quantitative estimate of drug-likeness (QED) is 0.406. The lowest BCUT2D eigenvalue weighted by Crippen LogP contribution is -2.06. The van der Waals surface area contributed by atoms with Gasteiger partial charge < -0.3 is 9.84 Å². The average Bonchev–Trinajstić information content (AvgIpc) is 3.19. The Kier molecular flexibility index (Phi) is 5.20. The first-order valence-corrected chi connectivity index (χ1v) is 10.8. The van der Waals surface area contributed by atoms with E-state index in [-0.39, 0.29) is 17.0 Å². The van der Waals surface area contributed by atoms with Crippen LogP contribution in [0, 0.1) is 6.92 Å². The number of anilines is 2. The summed E-state index contributed by atoms with van der Waals surface area (Å²) in [4.78, 5) is 29.8. The van der Waals surface area contributed by atoms with Gasteiger partial charge in [-0.15, -0.1) is 0 Å². The highest BCUT2D eigenvalue weighted by Gasteiger charge is 2.44. The summed E-state index contributed by atoms with van der Waals surface area (Å²) in [6.07, 6.45) is 7.98. The van der Waals surface area contributed by atoms with Crippen molar-refractivity contribution in [1.29, 1.82) is 0 Å². The number of rotatable bonds is 8. The number of nitrogens with zero attached hydrogens (tertiary/aromatic N) is 7. The van der Waals surface area contributed by atoms with E-state index in [4.69, 9.17) is 4.52 Å². The second-order valence-corrected chi connectivity index (χ2v) is 8.71. The first-order valence-electron chi connectivity index (χ1n) is 10.8. The molecular formula is C23H24N8O2. The summed E-state index contributed by atoms with van der Waals surface area (Å²) in [5, 5.41) is 11.1. The highest BCUT2D eigenvalue weighted by molar-refractivity contribution is 5.92. The van der Waals surface area contributed by atoms with Gasteiger partial charge in [-0.25, -0.2) is 9.97 Å². The lowest BCUT2D eigenvalue weighted by molar-refractivity contribution is 0.0970. The zero-order valence-electron chi connectivity index (χ0n) is 18.7. The van der Waals surface area contributed by atoms with Crippen LogP contribution in [0.15, 0.2) is 41.4 Å². The van der Waals surface area contributed by atoms with Crippen LogP contribution < -0.4 is 5.32 Å². The molecule has 3 aromatic heterocycles. The molecule has 10 heteroatoms. The largest absolute Gasteiger partial charge is 0.338 e. The van der Waals surface area contributed by atoms with Crippen LogP contribution >= 0.6 is 0 Å². The molecular weight excluding hydrogens is 420 g/mol. The molecule has 0 amide bonds. The fraction of sp³-hybridized carbons (Fsp3) is 0.348. The smallest absolute Gasteiger partial charge is 0.238 e. The molecule has 0 bridgehead atoms. The number of ketones is 1. The molecule has 1 aliphatic rings. The molecule has 0 spiro atoms.